The molecule has 0 N–H and O–H groups in total. The van der Waals surface area contributed by atoms with Crippen LogP contribution in [0.2, 0.25) is 0 Å². The first-order valence-electron chi connectivity index (χ1n) is 4.83. The van der Waals surface area contributed by atoms with Gasteiger partial charge in [-0.1, -0.05) is 37.9 Å². The highest BCUT2D eigenvalue weighted by molar-refractivity contribution is 9.10. The SMILES string of the molecule is CN1CCCC(Br)c2ccc(Br)cc21. The number of fused-ring (bicyclic) bond motifs is 1. The van der Waals surface area contributed by atoms with Crippen LogP contribution in [-0.4, -0.2) is 13.6 Å². The molecule has 0 bridgehead atoms. The normalized spacial score (nSPS) is 21.6. The molecular weight excluding hydrogens is 306 g/mol. The first kappa shape index (κ1) is 10.5. The first-order valence-corrected chi connectivity index (χ1v) is 6.54. The highest BCUT2D eigenvalue weighted by atomic mass is 79.9. The summed E-state index contributed by atoms with van der Waals surface area (Å²) in [6.07, 6.45) is 2.47. The van der Waals surface area contributed by atoms with Crippen LogP contribution >= 0.6 is 31.9 Å². The van der Waals surface area contributed by atoms with Crippen molar-refractivity contribution in [2.45, 2.75) is 17.7 Å². The van der Waals surface area contributed by atoms with Gasteiger partial charge in [-0.05, 0) is 30.5 Å². The van der Waals surface area contributed by atoms with Crippen molar-refractivity contribution in [1.29, 1.82) is 0 Å². The van der Waals surface area contributed by atoms with Gasteiger partial charge in [-0.3, -0.25) is 0 Å². The number of nitrogens with zero attached hydrogens (tertiary/aromatic N) is 1. The summed E-state index contributed by atoms with van der Waals surface area (Å²) in [6, 6.07) is 6.53. The summed E-state index contributed by atoms with van der Waals surface area (Å²) in [6.45, 7) is 1.14. The predicted molar refractivity (Wildman–Crippen MR) is 68.3 cm³/mol. The summed E-state index contributed by atoms with van der Waals surface area (Å²) >= 11 is 7.27. The molecule has 0 spiro atoms. The van der Waals surface area contributed by atoms with Crippen molar-refractivity contribution in [2.24, 2.45) is 0 Å². The lowest BCUT2D eigenvalue weighted by atomic mass is 10.1. The maximum absolute atomic E-state index is 3.75. The summed E-state index contributed by atoms with van der Waals surface area (Å²) < 4.78 is 1.16. The summed E-state index contributed by atoms with van der Waals surface area (Å²) in [5.41, 5.74) is 2.76. The Bertz CT molecular complexity index is 338. The lowest BCUT2D eigenvalue weighted by Gasteiger charge is -2.20. The third kappa shape index (κ3) is 1.98. The Balaban J connectivity index is 2.48. The van der Waals surface area contributed by atoms with Gasteiger partial charge in [-0.15, -0.1) is 0 Å². The van der Waals surface area contributed by atoms with E-state index in [1.165, 1.54) is 24.1 Å². The van der Waals surface area contributed by atoms with Crippen LogP contribution in [0.15, 0.2) is 22.7 Å². The smallest absolute Gasteiger partial charge is 0.0418 e. The molecule has 0 fully saturated rings. The van der Waals surface area contributed by atoms with Crippen molar-refractivity contribution in [3.05, 3.63) is 28.2 Å². The molecule has 1 atom stereocenters. The quantitative estimate of drug-likeness (QED) is 0.651. The van der Waals surface area contributed by atoms with Gasteiger partial charge in [0.1, 0.15) is 0 Å². The van der Waals surface area contributed by atoms with Crippen molar-refractivity contribution in [1.82, 2.24) is 0 Å². The second-order valence-electron chi connectivity index (χ2n) is 3.73. The van der Waals surface area contributed by atoms with Crippen molar-refractivity contribution in [3.8, 4) is 0 Å². The van der Waals surface area contributed by atoms with Gasteiger partial charge in [0.25, 0.3) is 0 Å². The Morgan fingerprint density at radius 3 is 3.00 bits per heavy atom. The lowest BCUT2D eigenvalue weighted by molar-refractivity contribution is 0.746. The van der Waals surface area contributed by atoms with Crippen LogP contribution in [0.5, 0.6) is 0 Å². The van der Waals surface area contributed by atoms with E-state index in [4.69, 9.17) is 0 Å². The largest absolute Gasteiger partial charge is 0.374 e. The Labute approximate surface area is 102 Å². The average molecular weight is 319 g/mol. The molecule has 1 heterocycles. The third-order valence-corrected chi connectivity index (χ3v) is 4.14. The fourth-order valence-electron chi connectivity index (χ4n) is 1.90. The molecule has 0 radical (unpaired) electrons. The van der Waals surface area contributed by atoms with Crippen LogP contribution in [0, 0.1) is 0 Å². The molecule has 0 aliphatic carbocycles. The number of hydrogen-bond donors (Lipinski definition) is 0. The summed E-state index contributed by atoms with van der Waals surface area (Å²) in [5, 5.41) is 0. The Hall–Kier alpha value is -0.0200. The van der Waals surface area contributed by atoms with Crippen molar-refractivity contribution in [2.75, 3.05) is 18.5 Å². The molecule has 1 nitrogen and oxygen atoms in total. The van der Waals surface area contributed by atoms with Crippen molar-refractivity contribution < 1.29 is 0 Å². The summed E-state index contributed by atoms with van der Waals surface area (Å²) in [5.74, 6) is 0. The Morgan fingerprint density at radius 2 is 2.21 bits per heavy atom. The van der Waals surface area contributed by atoms with E-state index in [0.717, 1.165) is 11.0 Å². The minimum atomic E-state index is 0.510. The van der Waals surface area contributed by atoms with Crippen LogP contribution in [0.25, 0.3) is 0 Å². The van der Waals surface area contributed by atoms with Crippen LogP contribution < -0.4 is 4.90 Å². The molecule has 3 heteroatoms. The van der Waals surface area contributed by atoms with Gasteiger partial charge in [-0.25, -0.2) is 0 Å². The van der Waals surface area contributed by atoms with Crippen LogP contribution in [0.3, 0.4) is 0 Å². The van der Waals surface area contributed by atoms with E-state index in [-0.39, 0.29) is 0 Å². The Morgan fingerprint density at radius 1 is 1.43 bits per heavy atom. The van der Waals surface area contributed by atoms with Crippen LogP contribution in [0.4, 0.5) is 5.69 Å². The number of halogens is 2. The van der Waals surface area contributed by atoms with Gasteiger partial charge in [0.2, 0.25) is 0 Å². The molecule has 1 aromatic carbocycles. The molecular formula is C11H13Br2N. The van der Waals surface area contributed by atoms with Crippen LogP contribution in [-0.2, 0) is 0 Å². The third-order valence-electron chi connectivity index (χ3n) is 2.69. The number of benzene rings is 1. The van der Waals surface area contributed by atoms with Gasteiger partial charge in [-0.2, -0.15) is 0 Å². The predicted octanol–water partition coefficient (Wildman–Crippen LogP) is 4.12. The van der Waals surface area contributed by atoms with E-state index >= 15 is 0 Å². The van der Waals surface area contributed by atoms with Gasteiger partial charge in [0, 0.05) is 28.6 Å². The monoisotopic (exact) mass is 317 g/mol. The number of hydrogen-bond acceptors (Lipinski definition) is 1. The van der Waals surface area contributed by atoms with Gasteiger partial charge in [0.05, 0.1) is 0 Å². The standard InChI is InChI=1S/C11H13Br2N/c1-14-6-2-3-10(13)9-5-4-8(12)7-11(9)14/h4-5,7,10H,2-3,6H2,1H3. The minimum Gasteiger partial charge on any atom is -0.374 e. The number of anilines is 1. The van der Waals surface area contributed by atoms with E-state index < -0.39 is 0 Å². The van der Waals surface area contributed by atoms with E-state index in [0.29, 0.717) is 4.83 Å². The first-order chi connectivity index (χ1) is 6.68. The zero-order valence-corrected chi connectivity index (χ0v) is 11.3. The molecule has 0 amide bonds. The molecule has 2 rings (SSSR count). The second-order valence-corrected chi connectivity index (χ2v) is 5.76. The molecule has 0 saturated carbocycles. The maximum atomic E-state index is 3.75. The van der Waals surface area contributed by atoms with Gasteiger partial charge < -0.3 is 4.90 Å². The fourth-order valence-corrected chi connectivity index (χ4v) is 2.96. The van der Waals surface area contributed by atoms with Gasteiger partial charge in [0.15, 0.2) is 0 Å². The summed E-state index contributed by atoms with van der Waals surface area (Å²) in [7, 11) is 2.16. The van der Waals surface area contributed by atoms with Crippen molar-refractivity contribution >= 4 is 37.5 Å². The molecule has 1 aromatic rings. The second kappa shape index (κ2) is 4.23. The highest BCUT2D eigenvalue weighted by Gasteiger charge is 2.18. The molecule has 76 valence electrons. The maximum Gasteiger partial charge on any atom is 0.0418 e. The zero-order valence-electron chi connectivity index (χ0n) is 8.13. The molecule has 0 aromatic heterocycles. The highest BCUT2D eigenvalue weighted by Crippen LogP contribution is 2.38. The van der Waals surface area contributed by atoms with E-state index in [2.05, 4.69) is 62.0 Å². The lowest BCUT2D eigenvalue weighted by Crippen LogP contribution is -2.17. The average Bonchev–Trinajstić information content (AvgIpc) is 2.28. The molecule has 1 aliphatic rings. The zero-order chi connectivity index (χ0) is 10.1. The molecule has 0 saturated heterocycles. The molecule has 1 unspecified atom stereocenters. The van der Waals surface area contributed by atoms with Gasteiger partial charge >= 0.3 is 0 Å². The Kier molecular flexibility index (Phi) is 3.17. The minimum absolute atomic E-state index is 0.510. The van der Waals surface area contributed by atoms with E-state index in [1.54, 1.807) is 0 Å². The van der Waals surface area contributed by atoms with Crippen molar-refractivity contribution in [3.63, 3.8) is 0 Å². The van der Waals surface area contributed by atoms with E-state index in [1.807, 2.05) is 0 Å². The molecule has 1 aliphatic heterocycles. The van der Waals surface area contributed by atoms with E-state index in [9.17, 15) is 0 Å². The fraction of sp³-hybridized carbons (Fsp3) is 0.455. The van der Waals surface area contributed by atoms with Crippen LogP contribution in [0.1, 0.15) is 23.2 Å². The number of rotatable bonds is 0. The topological polar surface area (TPSA) is 3.24 Å². The number of alkyl halides is 1. The molecule has 14 heavy (non-hydrogen) atoms. The summed E-state index contributed by atoms with van der Waals surface area (Å²) in [4.78, 5) is 2.84.